The molecule has 3 saturated carbocycles. The third kappa shape index (κ3) is 5.24. The molecule has 3 aliphatic carbocycles. The molecule has 152 valence electrons. The van der Waals surface area contributed by atoms with Gasteiger partial charge in [0.1, 0.15) is 0 Å². The molecule has 27 heavy (non-hydrogen) atoms. The van der Waals surface area contributed by atoms with Crippen LogP contribution in [0.25, 0.3) is 0 Å². The van der Waals surface area contributed by atoms with Gasteiger partial charge in [-0.1, -0.05) is 12.8 Å². The Bertz CT molecular complexity index is 512. The fourth-order valence-electron chi connectivity index (χ4n) is 5.21. The van der Waals surface area contributed by atoms with Crippen LogP contribution >= 0.6 is 0 Å². The average Bonchev–Trinajstić information content (AvgIpc) is 3.37. The zero-order valence-electron chi connectivity index (χ0n) is 16.8. The number of piperidine rings is 1. The van der Waals surface area contributed by atoms with Gasteiger partial charge in [0, 0.05) is 37.0 Å². The molecule has 1 heterocycles. The smallest absolute Gasteiger partial charge is 0.225 e. The van der Waals surface area contributed by atoms with Gasteiger partial charge in [-0.3, -0.25) is 9.59 Å². The minimum atomic E-state index is 0.181. The largest absolute Gasteiger partial charge is 0.353 e. The Morgan fingerprint density at radius 2 is 1.41 bits per heavy atom. The van der Waals surface area contributed by atoms with E-state index in [2.05, 4.69) is 15.5 Å². The van der Waals surface area contributed by atoms with E-state index in [-0.39, 0.29) is 17.7 Å². The summed E-state index contributed by atoms with van der Waals surface area (Å²) < 4.78 is 0. The molecule has 0 unspecified atom stereocenters. The van der Waals surface area contributed by atoms with Crippen molar-refractivity contribution in [3.05, 3.63) is 0 Å². The first-order valence-corrected chi connectivity index (χ1v) is 11.5. The number of hydrogen-bond donors (Lipinski definition) is 2. The molecule has 0 atom stereocenters. The Balaban J connectivity index is 1.15. The Morgan fingerprint density at radius 1 is 0.741 bits per heavy atom. The maximum Gasteiger partial charge on any atom is 0.225 e. The average molecular weight is 376 g/mol. The lowest BCUT2D eigenvalue weighted by Crippen LogP contribution is -2.48. The zero-order valence-corrected chi connectivity index (χ0v) is 16.8. The summed E-state index contributed by atoms with van der Waals surface area (Å²) in [5, 5.41) is 6.95. The molecule has 0 aromatic carbocycles. The number of carbonyl (C=O) groups excluding carboxylic acids is 2. The van der Waals surface area contributed by atoms with Crippen molar-refractivity contribution in [2.24, 2.45) is 17.8 Å². The second kappa shape index (κ2) is 8.93. The second-order valence-corrected chi connectivity index (χ2v) is 9.49. The maximum absolute atomic E-state index is 12.9. The molecule has 0 radical (unpaired) electrons. The van der Waals surface area contributed by atoms with Crippen molar-refractivity contribution in [3.8, 4) is 0 Å². The first-order valence-electron chi connectivity index (χ1n) is 11.5. The number of amides is 2. The Kier molecular flexibility index (Phi) is 6.36. The monoisotopic (exact) mass is 375 g/mol. The first kappa shape index (κ1) is 19.2. The van der Waals surface area contributed by atoms with Crippen LogP contribution in [0.4, 0.5) is 0 Å². The Hall–Kier alpha value is -1.10. The summed E-state index contributed by atoms with van der Waals surface area (Å²) in [6.07, 6.45) is 13.3. The minimum Gasteiger partial charge on any atom is -0.353 e. The van der Waals surface area contributed by atoms with Crippen molar-refractivity contribution in [2.45, 2.75) is 89.1 Å². The highest BCUT2D eigenvalue weighted by molar-refractivity contribution is 5.80. The molecule has 5 heteroatoms. The van der Waals surface area contributed by atoms with Gasteiger partial charge in [-0.15, -0.1) is 0 Å². The number of nitrogens with zero attached hydrogens (tertiary/aromatic N) is 1. The topological polar surface area (TPSA) is 61.4 Å². The Labute approximate surface area is 164 Å². The number of likely N-dealkylation sites (tertiary alicyclic amines) is 1. The van der Waals surface area contributed by atoms with E-state index in [4.69, 9.17) is 0 Å². The zero-order chi connectivity index (χ0) is 18.6. The number of hydrogen-bond acceptors (Lipinski definition) is 3. The van der Waals surface area contributed by atoms with Crippen molar-refractivity contribution >= 4 is 11.8 Å². The lowest BCUT2D eigenvalue weighted by Gasteiger charge is -2.37. The highest BCUT2D eigenvalue weighted by Crippen LogP contribution is 2.30. The van der Waals surface area contributed by atoms with Gasteiger partial charge in [0.05, 0.1) is 0 Å². The van der Waals surface area contributed by atoms with Gasteiger partial charge in [0.15, 0.2) is 0 Å². The molecule has 4 fully saturated rings. The third-order valence-corrected chi connectivity index (χ3v) is 7.35. The molecule has 0 aromatic rings. The van der Waals surface area contributed by atoms with Gasteiger partial charge in [-0.05, 0) is 76.7 Å². The van der Waals surface area contributed by atoms with Gasteiger partial charge in [0.25, 0.3) is 0 Å². The molecule has 2 amide bonds. The van der Waals surface area contributed by atoms with Crippen molar-refractivity contribution in [3.63, 3.8) is 0 Å². The van der Waals surface area contributed by atoms with Crippen LogP contribution in [0.2, 0.25) is 0 Å². The van der Waals surface area contributed by atoms with Crippen LogP contribution in [0.1, 0.15) is 77.0 Å². The van der Waals surface area contributed by atoms with Crippen molar-refractivity contribution < 1.29 is 9.59 Å². The van der Waals surface area contributed by atoms with Crippen LogP contribution in [-0.2, 0) is 9.59 Å². The standard InChI is InChI=1S/C22H37N3O2/c26-21(17-3-1-2-4-17)24-20-9-7-18(8-10-20)22(27)25-13-11-19(12-14-25)23-15-16-5-6-16/h16-20,23H,1-15H2,(H,24,26). The molecule has 4 rings (SSSR count). The number of nitrogens with one attached hydrogen (secondary N) is 2. The summed E-state index contributed by atoms with van der Waals surface area (Å²) in [7, 11) is 0. The van der Waals surface area contributed by atoms with Crippen LogP contribution in [-0.4, -0.2) is 48.4 Å². The number of carbonyl (C=O) groups is 2. The fraction of sp³-hybridized carbons (Fsp3) is 0.909. The lowest BCUT2D eigenvalue weighted by atomic mass is 9.84. The molecule has 0 bridgehead atoms. The van der Waals surface area contributed by atoms with Gasteiger partial charge >= 0.3 is 0 Å². The van der Waals surface area contributed by atoms with Gasteiger partial charge < -0.3 is 15.5 Å². The molecule has 1 saturated heterocycles. The van der Waals surface area contributed by atoms with E-state index in [9.17, 15) is 9.59 Å². The summed E-state index contributed by atoms with van der Waals surface area (Å²) in [6, 6.07) is 0.899. The van der Waals surface area contributed by atoms with Gasteiger partial charge in [-0.2, -0.15) is 0 Å². The second-order valence-electron chi connectivity index (χ2n) is 9.49. The van der Waals surface area contributed by atoms with Crippen LogP contribution in [0, 0.1) is 17.8 Å². The van der Waals surface area contributed by atoms with Crippen molar-refractivity contribution in [2.75, 3.05) is 19.6 Å². The molecule has 5 nitrogen and oxygen atoms in total. The molecular weight excluding hydrogens is 338 g/mol. The molecule has 1 aliphatic heterocycles. The van der Waals surface area contributed by atoms with Crippen LogP contribution < -0.4 is 10.6 Å². The predicted octanol–water partition coefficient (Wildman–Crippen LogP) is 2.84. The first-order chi connectivity index (χ1) is 13.2. The molecule has 0 aromatic heterocycles. The quantitative estimate of drug-likeness (QED) is 0.750. The molecule has 2 N–H and O–H groups in total. The molecule has 0 spiro atoms. The summed E-state index contributed by atoms with van der Waals surface area (Å²) in [6.45, 7) is 3.01. The van der Waals surface area contributed by atoms with Gasteiger partial charge in [-0.25, -0.2) is 0 Å². The highest BCUT2D eigenvalue weighted by Gasteiger charge is 2.33. The number of rotatable bonds is 6. The van der Waals surface area contributed by atoms with Crippen LogP contribution in [0.15, 0.2) is 0 Å². The van der Waals surface area contributed by atoms with E-state index in [1.54, 1.807) is 0 Å². The van der Waals surface area contributed by atoms with E-state index in [1.807, 2.05) is 0 Å². The molecule has 4 aliphatic rings. The van der Waals surface area contributed by atoms with E-state index >= 15 is 0 Å². The predicted molar refractivity (Wildman–Crippen MR) is 106 cm³/mol. The van der Waals surface area contributed by atoms with E-state index in [0.717, 1.165) is 70.4 Å². The lowest BCUT2D eigenvalue weighted by molar-refractivity contribution is -0.137. The van der Waals surface area contributed by atoms with Crippen molar-refractivity contribution in [1.82, 2.24) is 15.5 Å². The third-order valence-electron chi connectivity index (χ3n) is 7.35. The van der Waals surface area contributed by atoms with Crippen LogP contribution in [0.5, 0.6) is 0 Å². The normalized spacial score (nSPS) is 30.4. The summed E-state index contributed by atoms with van der Waals surface area (Å²) in [5.74, 6) is 1.99. The molecular formula is C22H37N3O2. The van der Waals surface area contributed by atoms with E-state index in [1.165, 1.54) is 32.2 Å². The Morgan fingerprint density at radius 3 is 2.04 bits per heavy atom. The summed E-state index contributed by atoms with van der Waals surface area (Å²) >= 11 is 0. The fourth-order valence-corrected chi connectivity index (χ4v) is 5.21. The van der Waals surface area contributed by atoms with Crippen molar-refractivity contribution in [1.29, 1.82) is 0 Å². The van der Waals surface area contributed by atoms with E-state index in [0.29, 0.717) is 18.0 Å². The SMILES string of the molecule is O=C(NC1CCC(C(=O)N2CCC(NCC3CC3)CC2)CC1)C1CCCC1. The van der Waals surface area contributed by atoms with Gasteiger partial charge in [0.2, 0.25) is 11.8 Å². The summed E-state index contributed by atoms with van der Waals surface area (Å²) in [5.41, 5.74) is 0. The van der Waals surface area contributed by atoms with Crippen LogP contribution in [0.3, 0.4) is 0 Å². The minimum absolute atomic E-state index is 0.181. The maximum atomic E-state index is 12.9. The highest BCUT2D eigenvalue weighted by atomic mass is 16.2. The summed E-state index contributed by atoms with van der Waals surface area (Å²) in [4.78, 5) is 27.3. The van der Waals surface area contributed by atoms with E-state index < -0.39 is 0 Å².